The number of benzene rings is 2. The van der Waals surface area contributed by atoms with Gasteiger partial charge in [0.25, 0.3) is 0 Å². The summed E-state index contributed by atoms with van der Waals surface area (Å²) in [6.07, 6.45) is 0. The summed E-state index contributed by atoms with van der Waals surface area (Å²) in [5, 5.41) is 0. The molecule has 0 aliphatic heterocycles. The van der Waals surface area contributed by atoms with Gasteiger partial charge in [-0.25, -0.2) is 21.6 Å². The minimum atomic E-state index is -4.33. The van der Waals surface area contributed by atoms with Crippen molar-refractivity contribution in [2.24, 2.45) is 0 Å². The number of rotatable bonds is 4. The standard InChI is InChI=1S/C14H9F3O3S/c15-10-3-1-9(2-4-10)13(18)8-21(19,20)14-7-11(16)5-6-12(14)17/h1-7H,8H2. The Hall–Kier alpha value is -2.15. The molecule has 0 amide bonds. The molecule has 0 saturated heterocycles. The molecule has 0 radical (unpaired) electrons. The van der Waals surface area contributed by atoms with Crippen LogP contribution in [-0.2, 0) is 9.84 Å². The molecule has 0 bridgehead atoms. The van der Waals surface area contributed by atoms with Crippen molar-refractivity contribution in [1.82, 2.24) is 0 Å². The number of Topliss-reactive ketones (excluding diaryl/α,β-unsaturated/α-hetero) is 1. The third-order valence-corrected chi connectivity index (χ3v) is 4.34. The molecule has 2 aromatic carbocycles. The van der Waals surface area contributed by atoms with Crippen LogP contribution in [0.4, 0.5) is 13.2 Å². The smallest absolute Gasteiger partial charge is 0.188 e. The Morgan fingerprint density at radius 3 is 2.10 bits per heavy atom. The fourth-order valence-corrected chi connectivity index (χ4v) is 3.01. The van der Waals surface area contributed by atoms with Gasteiger partial charge in [0.2, 0.25) is 0 Å². The summed E-state index contributed by atoms with van der Waals surface area (Å²) in [4.78, 5) is 10.9. The maximum absolute atomic E-state index is 13.5. The van der Waals surface area contributed by atoms with E-state index in [2.05, 4.69) is 0 Å². The molecule has 0 unspecified atom stereocenters. The van der Waals surface area contributed by atoms with E-state index in [-0.39, 0.29) is 5.56 Å². The molecule has 0 aromatic heterocycles. The molecule has 0 spiro atoms. The summed E-state index contributed by atoms with van der Waals surface area (Å²) in [5.41, 5.74) is -0.0308. The van der Waals surface area contributed by atoms with Gasteiger partial charge in [0.1, 0.15) is 28.1 Å². The number of carbonyl (C=O) groups is 1. The van der Waals surface area contributed by atoms with Gasteiger partial charge >= 0.3 is 0 Å². The van der Waals surface area contributed by atoms with Crippen LogP contribution < -0.4 is 0 Å². The quantitative estimate of drug-likeness (QED) is 0.815. The number of halogens is 3. The lowest BCUT2D eigenvalue weighted by Gasteiger charge is -2.05. The first-order valence-corrected chi connectivity index (χ1v) is 7.41. The molecule has 21 heavy (non-hydrogen) atoms. The van der Waals surface area contributed by atoms with Crippen molar-refractivity contribution >= 4 is 15.6 Å². The van der Waals surface area contributed by atoms with Crippen LogP contribution >= 0.6 is 0 Å². The number of carbonyl (C=O) groups excluding carboxylic acids is 1. The zero-order chi connectivity index (χ0) is 15.6. The van der Waals surface area contributed by atoms with Crippen LogP contribution in [0.3, 0.4) is 0 Å². The Bertz CT molecular complexity index is 784. The molecule has 0 heterocycles. The summed E-state index contributed by atoms with van der Waals surface area (Å²) >= 11 is 0. The average Bonchev–Trinajstić information content (AvgIpc) is 2.41. The first-order valence-electron chi connectivity index (χ1n) is 5.76. The molecule has 0 N–H and O–H groups in total. The zero-order valence-corrected chi connectivity index (χ0v) is 11.3. The molecule has 0 atom stereocenters. The summed E-state index contributed by atoms with van der Waals surface area (Å²) in [7, 11) is -4.33. The second-order valence-electron chi connectivity index (χ2n) is 4.26. The van der Waals surface area contributed by atoms with Gasteiger partial charge in [0.15, 0.2) is 15.6 Å². The van der Waals surface area contributed by atoms with Crippen LogP contribution in [0.2, 0.25) is 0 Å². The van der Waals surface area contributed by atoms with Crippen molar-refractivity contribution in [2.45, 2.75) is 4.90 Å². The molecule has 3 nitrogen and oxygen atoms in total. The second kappa shape index (κ2) is 5.69. The maximum atomic E-state index is 13.5. The molecule has 2 aromatic rings. The van der Waals surface area contributed by atoms with Crippen molar-refractivity contribution in [3.8, 4) is 0 Å². The highest BCUT2D eigenvalue weighted by atomic mass is 32.2. The van der Waals surface area contributed by atoms with E-state index in [0.717, 1.165) is 30.3 Å². The summed E-state index contributed by atoms with van der Waals surface area (Å²) in [6.45, 7) is 0. The van der Waals surface area contributed by atoms with E-state index in [0.29, 0.717) is 12.1 Å². The normalized spacial score (nSPS) is 11.4. The highest BCUT2D eigenvalue weighted by Crippen LogP contribution is 2.18. The predicted octanol–water partition coefficient (Wildman–Crippen LogP) is 2.76. The first kappa shape index (κ1) is 15.2. The molecule has 7 heteroatoms. The predicted molar refractivity (Wildman–Crippen MR) is 69.1 cm³/mol. The lowest BCUT2D eigenvalue weighted by molar-refractivity contribution is 0.102. The Morgan fingerprint density at radius 2 is 1.48 bits per heavy atom. The van der Waals surface area contributed by atoms with Crippen molar-refractivity contribution < 1.29 is 26.4 Å². The number of hydrogen-bond donors (Lipinski definition) is 0. The van der Waals surface area contributed by atoms with E-state index in [1.165, 1.54) is 0 Å². The van der Waals surface area contributed by atoms with E-state index in [4.69, 9.17) is 0 Å². The van der Waals surface area contributed by atoms with E-state index in [1.807, 2.05) is 0 Å². The molecule has 0 fully saturated rings. The van der Waals surface area contributed by atoms with Crippen molar-refractivity contribution in [1.29, 1.82) is 0 Å². The van der Waals surface area contributed by atoms with E-state index < -0.39 is 43.7 Å². The van der Waals surface area contributed by atoms with Gasteiger partial charge in [0, 0.05) is 5.56 Å². The largest absolute Gasteiger partial charge is 0.293 e. The molecular weight excluding hydrogens is 305 g/mol. The Morgan fingerprint density at radius 1 is 0.905 bits per heavy atom. The monoisotopic (exact) mass is 314 g/mol. The van der Waals surface area contributed by atoms with Gasteiger partial charge in [-0.3, -0.25) is 4.79 Å². The second-order valence-corrected chi connectivity index (χ2v) is 6.22. The summed E-state index contributed by atoms with van der Waals surface area (Å²) in [5.74, 6) is -4.50. The van der Waals surface area contributed by atoms with Crippen molar-refractivity contribution in [3.05, 3.63) is 65.5 Å². The molecule has 2 rings (SSSR count). The van der Waals surface area contributed by atoms with Crippen LogP contribution in [0.25, 0.3) is 0 Å². The molecular formula is C14H9F3O3S. The summed E-state index contributed by atoms with van der Waals surface area (Å²) < 4.78 is 63.1. The number of hydrogen-bond acceptors (Lipinski definition) is 3. The van der Waals surface area contributed by atoms with Crippen LogP contribution in [0, 0.1) is 17.5 Å². The highest BCUT2D eigenvalue weighted by Gasteiger charge is 2.24. The SMILES string of the molecule is O=C(CS(=O)(=O)c1cc(F)ccc1F)c1ccc(F)cc1. The average molecular weight is 314 g/mol. The van der Waals surface area contributed by atoms with Crippen LogP contribution in [-0.4, -0.2) is 20.0 Å². The maximum Gasteiger partial charge on any atom is 0.188 e. The summed E-state index contributed by atoms with van der Waals surface area (Å²) in [6, 6.07) is 6.21. The lowest BCUT2D eigenvalue weighted by atomic mass is 10.1. The lowest BCUT2D eigenvalue weighted by Crippen LogP contribution is -2.17. The van der Waals surface area contributed by atoms with Crippen molar-refractivity contribution in [3.63, 3.8) is 0 Å². The van der Waals surface area contributed by atoms with Gasteiger partial charge < -0.3 is 0 Å². The van der Waals surface area contributed by atoms with Gasteiger partial charge in [-0.05, 0) is 42.5 Å². The van der Waals surface area contributed by atoms with E-state index >= 15 is 0 Å². The van der Waals surface area contributed by atoms with Gasteiger partial charge in [-0.2, -0.15) is 0 Å². The molecule has 110 valence electrons. The third-order valence-electron chi connectivity index (χ3n) is 2.72. The molecule has 0 aliphatic rings. The minimum Gasteiger partial charge on any atom is -0.293 e. The van der Waals surface area contributed by atoms with Gasteiger partial charge in [-0.15, -0.1) is 0 Å². The van der Waals surface area contributed by atoms with Gasteiger partial charge in [-0.1, -0.05) is 0 Å². The zero-order valence-electron chi connectivity index (χ0n) is 10.5. The molecule has 0 aliphatic carbocycles. The Labute approximate surface area is 119 Å². The third kappa shape index (κ3) is 3.49. The number of sulfone groups is 1. The minimum absolute atomic E-state index is 0.0308. The van der Waals surface area contributed by atoms with Crippen LogP contribution in [0.5, 0.6) is 0 Å². The van der Waals surface area contributed by atoms with Crippen LogP contribution in [0.15, 0.2) is 47.4 Å². The van der Waals surface area contributed by atoms with Gasteiger partial charge in [0.05, 0.1) is 0 Å². The van der Waals surface area contributed by atoms with Crippen molar-refractivity contribution in [2.75, 3.05) is 5.75 Å². The van der Waals surface area contributed by atoms with E-state index in [9.17, 15) is 26.4 Å². The first-order chi connectivity index (χ1) is 9.79. The fraction of sp³-hybridized carbons (Fsp3) is 0.0714. The Balaban J connectivity index is 2.31. The molecule has 0 saturated carbocycles. The topological polar surface area (TPSA) is 51.2 Å². The number of ketones is 1. The Kier molecular flexibility index (Phi) is 4.13. The van der Waals surface area contributed by atoms with Crippen LogP contribution in [0.1, 0.15) is 10.4 Å². The highest BCUT2D eigenvalue weighted by molar-refractivity contribution is 7.92. The fourth-order valence-electron chi connectivity index (χ4n) is 1.68. The van der Waals surface area contributed by atoms with E-state index in [1.54, 1.807) is 0 Å².